The highest BCUT2D eigenvalue weighted by Crippen LogP contribution is 2.38. The summed E-state index contributed by atoms with van der Waals surface area (Å²) in [6.45, 7) is 0. The molecule has 2 aromatic rings. The predicted molar refractivity (Wildman–Crippen MR) is 116 cm³/mol. The summed E-state index contributed by atoms with van der Waals surface area (Å²) >= 11 is 7.03. The number of methoxy groups -OCH3 is 3. The average Bonchev–Trinajstić information content (AvgIpc) is 3.05. The minimum atomic E-state index is -0.543. The van der Waals surface area contributed by atoms with Crippen molar-refractivity contribution in [2.45, 2.75) is 6.42 Å². The maximum atomic E-state index is 12.4. The molecular formula is C21H18ClNO7S. The van der Waals surface area contributed by atoms with E-state index in [1.807, 2.05) is 0 Å². The lowest BCUT2D eigenvalue weighted by Gasteiger charge is -2.14. The van der Waals surface area contributed by atoms with E-state index in [0.717, 1.165) is 11.8 Å². The van der Waals surface area contributed by atoms with Crippen LogP contribution < -0.4 is 24.3 Å². The molecule has 1 aliphatic rings. The summed E-state index contributed by atoms with van der Waals surface area (Å²) in [7, 11) is 4.46. The smallest absolute Gasteiger partial charge is 0.315 e. The van der Waals surface area contributed by atoms with Crippen LogP contribution in [-0.2, 0) is 16.0 Å². The van der Waals surface area contributed by atoms with Crippen molar-refractivity contribution in [2.24, 2.45) is 0 Å². The summed E-state index contributed by atoms with van der Waals surface area (Å²) in [4.78, 5) is 35.6. The summed E-state index contributed by atoms with van der Waals surface area (Å²) in [5.41, 5.74) is 1.19. The maximum absolute atomic E-state index is 12.4. The van der Waals surface area contributed by atoms with Crippen molar-refractivity contribution in [1.82, 2.24) is 5.32 Å². The highest BCUT2D eigenvalue weighted by molar-refractivity contribution is 8.18. The molecule has 0 unspecified atom stereocenters. The van der Waals surface area contributed by atoms with Crippen molar-refractivity contribution in [2.75, 3.05) is 21.3 Å². The Hall–Kier alpha value is -3.17. The fourth-order valence-corrected chi connectivity index (χ4v) is 3.73. The molecule has 3 rings (SSSR count). The summed E-state index contributed by atoms with van der Waals surface area (Å²) in [6.07, 6.45) is 1.47. The van der Waals surface area contributed by atoms with Crippen LogP contribution in [0.2, 0.25) is 5.02 Å². The van der Waals surface area contributed by atoms with Gasteiger partial charge in [0.1, 0.15) is 5.75 Å². The molecule has 0 spiro atoms. The van der Waals surface area contributed by atoms with E-state index in [4.69, 9.17) is 30.5 Å². The third kappa shape index (κ3) is 5.31. The number of ether oxygens (including phenoxy) is 4. The normalized spacial score (nSPS) is 14.4. The Morgan fingerprint density at radius 1 is 1.03 bits per heavy atom. The van der Waals surface area contributed by atoms with Crippen LogP contribution in [0.5, 0.6) is 23.0 Å². The molecule has 1 aliphatic heterocycles. The first kappa shape index (κ1) is 22.5. The Morgan fingerprint density at radius 2 is 1.71 bits per heavy atom. The Balaban J connectivity index is 1.73. The molecular weight excluding hydrogens is 446 g/mol. The van der Waals surface area contributed by atoms with E-state index in [1.54, 1.807) is 18.2 Å². The van der Waals surface area contributed by atoms with Gasteiger partial charge in [0.25, 0.3) is 11.1 Å². The standard InChI is InChI=1S/C21H18ClNO7S/c1-27-15-7-12(8-16(28-2)19(15)29-3)10-18(24)30-14-5-4-11(6-13(14)22)9-17-20(25)23-21(26)31-17/h4-9H,10H2,1-3H3,(H,23,25,26). The SMILES string of the molecule is COc1cc(CC(=O)Oc2ccc(C=C3SC(=O)NC3=O)cc2Cl)cc(OC)c1OC. The second-order valence-electron chi connectivity index (χ2n) is 6.23. The second kappa shape index (κ2) is 9.76. The lowest BCUT2D eigenvalue weighted by molar-refractivity contribution is -0.133. The molecule has 1 saturated heterocycles. The van der Waals surface area contributed by atoms with Gasteiger partial charge in [-0.1, -0.05) is 17.7 Å². The van der Waals surface area contributed by atoms with Gasteiger partial charge in [-0.2, -0.15) is 0 Å². The van der Waals surface area contributed by atoms with Crippen molar-refractivity contribution in [3.63, 3.8) is 0 Å². The summed E-state index contributed by atoms with van der Waals surface area (Å²) < 4.78 is 21.2. The highest BCUT2D eigenvalue weighted by Gasteiger charge is 2.25. The van der Waals surface area contributed by atoms with Gasteiger partial charge in [0, 0.05) is 0 Å². The van der Waals surface area contributed by atoms with Crippen LogP contribution in [0.15, 0.2) is 35.2 Å². The van der Waals surface area contributed by atoms with Crippen molar-refractivity contribution in [3.05, 3.63) is 51.4 Å². The van der Waals surface area contributed by atoms with Gasteiger partial charge in [-0.3, -0.25) is 19.7 Å². The molecule has 31 heavy (non-hydrogen) atoms. The van der Waals surface area contributed by atoms with Gasteiger partial charge in [-0.05, 0) is 53.2 Å². The minimum absolute atomic E-state index is 0.0578. The lowest BCUT2D eigenvalue weighted by atomic mass is 10.1. The summed E-state index contributed by atoms with van der Waals surface area (Å²) in [6, 6.07) is 7.99. The van der Waals surface area contributed by atoms with Crippen LogP contribution in [0.25, 0.3) is 6.08 Å². The summed E-state index contributed by atoms with van der Waals surface area (Å²) in [5.74, 6) is 0.428. The van der Waals surface area contributed by atoms with Crippen molar-refractivity contribution >= 4 is 46.6 Å². The molecule has 0 aromatic heterocycles. The first-order valence-electron chi connectivity index (χ1n) is 8.88. The Bertz CT molecular complexity index is 1060. The van der Waals surface area contributed by atoms with Gasteiger partial charge in [0.05, 0.1) is 37.7 Å². The van der Waals surface area contributed by atoms with E-state index in [1.165, 1.54) is 39.5 Å². The third-order valence-corrected chi connectivity index (χ3v) is 5.30. The summed E-state index contributed by atoms with van der Waals surface area (Å²) in [5, 5.41) is 1.93. The molecule has 0 radical (unpaired) electrons. The number of benzene rings is 2. The van der Waals surface area contributed by atoms with E-state index < -0.39 is 17.1 Å². The van der Waals surface area contributed by atoms with Gasteiger partial charge >= 0.3 is 5.97 Å². The van der Waals surface area contributed by atoms with Crippen molar-refractivity contribution in [1.29, 1.82) is 0 Å². The van der Waals surface area contributed by atoms with Gasteiger partial charge in [-0.15, -0.1) is 0 Å². The number of amides is 2. The molecule has 162 valence electrons. The lowest BCUT2D eigenvalue weighted by Crippen LogP contribution is -2.17. The zero-order chi connectivity index (χ0) is 22.5. The van der Waals surface area contributed by atoms with Crippen LogP contribution in [-0.4, -0.2) is 38.4 Å². The van der Waals surface area contributed by atoms with E-state index in [2.05, 4.69) is 5.32 Å². The quantitative estimate of drug-likeness (QED) is 0.375. The monoisotopic (exact) mass is 463 g/mol. The Labute approximate surface area is 187 Å². The Morgan fingerprint density at radius 3 is 2.23 bits per heavy atom. The van der Waals surface area contributed by atoms with E-state index in [9.17, 15) is 14.4 Å². The number of nitrogens with one attached hydrogen (secondary N) is 1. The third-order valence-electron chi connectivity index (χ3n) is 4.19. The van der Waals surface area contributed by atoms with Crippen LogP contribution in [0.4, 0.5) is 4.79 Å². The molecule has 0 saturated carbocycles. The number of esters is 1. The molecule has 8 nitrogen and oxygen atoms in total. The van der Waals surface area contributed by atoms with E-state index >= 15 is 0 Å². The number of carbonyl (C=O) groups excluding carboxylic acids is 3. The zero-order valence-electron chi connectivity index (χ0n) is 16.8. The molecule has 10 heteroatoms. The molecule has 1 heterocycles. The van der Waals surface area contributed by atoms with Crippen LogP contribution in [0.1, 0.15) is 11.1 Å². The Kier molecular flexibility index (Phi) is 7.09. The molecule has 1 N–H and O–H groups in total. The number of halogens is 1. The highest BCUT2D eigenvalue weighted by atomic mass is 35.5. The second-order valence-corrected chi connectivity index (χ2v) is 7.65. The first-order chi connectivity index (χ1) is 14.8. The van der Waals surface area contributed by atoms with E-state index in [-0.39, 0.29) is 22.1 Å². The topological polar surface area (TPSA) is 100 Å². The van der Waals surface area contributed by atoms with Crippen molar-refractivity contribution in [3.8, 4) is 23.0 Å². The molecule has 0 atom stereocenters. The number of hydrogen-bond donors (Lipinski definition) is 1. The number of rotatable bonds is 7. The number of carbonyl (C=O) groups is 3. The molecule has 1 fully saturated rings. The molecule has 2 aromatic carbocycles. The number of hydrogen-bond acceptors (Lipinski definition) is 8. The van der Waals surface area contributed by atoms with Crippen LogP contribution in [0, 0.1) is 0 Å². The van der Waals surface area contributed by atoms with E-state index in [0.29, 0.717) is 28.4 Å². The molecule has 0 bridgehead atoms. The fraction of sp³-hybridized carbons (Fsp3) is 0.190. The van der Waals surface area contributed by atoms with Gasteiger partial charge in [0.15, 0.2) is 11.5 Å². The largest absolute Gasteiger partial charge is 0.493 e. The average molecular weight is 464 g/mol. The zero-order valence-corrected chi connectivity index (χ0v) is 18.4. The van der Waals surface area contributed by atoms with Crippen molar-refractivity contribution < 1.29 is 33.3 Å². The predicted octanol–water partition coefficient (Wildman–Crippen LogP) is 3.84. The van der Waals surface area contributed by atoms with Gasteiger partial charge in [0.2, 0.25) is 5.75 Å². The van der Waals surface area contributed by atoms with Crippen LogP contribution in [0.3, 0.4) is 0 Å². The molecule has 2 amide bonds. The van der Waals surface area contributed by atoms with Gasteiger partial charge in [-0.25, -0.2) is 0 Å². The minimum Gasteiger partial charge on any atom is -0.493 e. The van der Waals surface area contributed by atoms with Gasteiger partial charge < -0.3 is 18.9 Å². The van der Waals surface area contributed by atoms with Crippen LogP contribution >= 0.6 is 23.4 Å². The molecule has 0 aliphatic carbocycles. The first-order valence-corrected chi connectivity index (χ1v) is 10.1. The maximum Gasteiger partial charge on any atom is 0.315 e. The number of imide groups is 1. The number of thioether (sulfide) groups is 1. The fourth-order valence-electron chi connectivity index (χ4n) is 2.82.